The summed E-state index contributed by atoms with van der Waals surface area (Å²) < 4.78 is 5.94. The average molecular weight is 207 g/mol. The van der Waals surface area contributed by atoms with Crippen LogP contribution in [0.3, 0.4) is 0 Å². The molecule has 78 valence electrons. The van der Waals surface area contributed by atoms with E-state index in [2.05, 4.69) is 19.8 Å². The molecule has 0 saturated heterocycles. The number of carbonyl (C=O) groups excluding carboxylic acids is 1. The first-order valence-electron chi connectivity index (χ1n) is 4.19. The molecule has 2 aromatic rings. The molecule has 0 aliphatic rings. The summed E-state index contributed by atoms with van der Waals surface area (Å²) in [4.78, 5) is 19.1. The summed E-state index contributed by atoms with van der Waals surface area (Å²) in [5, 5.41) is 4.05. The molecule has 15 heavy (non-hydrogen) atoms. The van der Waals surface area contributed by atoms with Gasteiger partial charge in [0.05, 0.1) is 12.8 Å². The van der Waals surface area contributed by atoms with Gasteiger partial charge in [0.25, 0.3) is 0 Å². The molecule has 0 unspecified atom stereocenters. The number of fused-ring (bicyclic) bond motifs is 1. The summed E-state index contributed by atoms with van der Waals surface area (Å²) >= 11 is 0. The molecule has 0 aromatic carbocycles. The van der Waals surface area contributed by atoms with Crippen LogP contribution in [0, 0.1) is 6.92 Å². The van der Waals surface area contributed by atoms with E-state index in [0.717, 1.165) is 0 Å². The first kappa shape index (κ1) is 9.38. The number of hydrogen-bond acceptors (Lipinski definition) is 6. The van der Waals surface area contributed by atoms with E-state index in [1.165, 1.54) is 18.0 Å². The van der Waals surface area contributed by atoms with Crippen LogP contribution < -0.4 is 5.73 Å². The van der Waals surface area contributed by atoms with Crippen LogP contribution in [0.4, 0.5) is 5.95 Å². The molecule has 2 heterocycles. The zero-order valence-electron chi connectivity index (χ0n) is 8.26. The molecule has 0 aliphatic carbocycles. The predicted molar refractivity (Wildman–Crippen MR) is 51.3 cm³/mol. The number of nitrogen functional groups attached to an aromatic ring is 1. The van der Waals surface area contributed by atoms with Crippen molar-refractivity contribution >= 4 is 17.6 Å². The zero-order valence-corrected chi connectivity index (χ0v) is 8.26. The molecule has 2 aromatic heterocycles. The minimum atomic E-state index is -0.486. The van der Waals surface area contributed by atoms with Crippen molar-refractivity contribution in [2.45, 2.75) is 6.92 Å². The van der Waals surface area contributed by atoms with E-state index < -0.39 is 5.97 Å². The summed E-state index contributed by atoms with van der Waals surface area (Å²) in [5.41, 5.74) is 6.75. The van der Waals surface area contributed by atoms with Gasteiger partial charge in [-0.15, -0.1) is 0 Å². The predicted octanol–water partition coefficient (Wildman–Crippen LogP) is -0.198. The van der Waals surface area contributed by atoms with Crippen molar-refractivity contribution in [2.75, 3.05) is 12.8 Å². The molecule has 0 atom stereocenters. The number of rotatable bonds is 1. The highest BCUT2D eigenvalue weighted by Crippen LogP contribution is 2.15. The van der Waals surface area contributed by atoms with Crippen LogP contribution in [-0.4, -0.2) is 32.7 Å². The Morgan fingerprint density at radius 2 is 2.27 bits per heavy atom. The molecule has 2 rings (SSSR count). The number of aromatic nitrogens is 4. The standard InChI is InChI=1S/C8H9N5O2/c1-4-5(7(14)15-2)6-10-3-11-8(9)13(6)12-4/h3H,1-2H3,(H2,9,10,11). The minimum Gasteiger partial charge on any atom is -0.465 e. The number of methoxy groups -OCH3 is 1. The topological polar surface area (TPSA) is 95.4 Å². The third kappa shape index (κ3) is 1.28. The van der Waals surface area contributed by atoms with Gasteiger partial charge in [0.2, 0.25) is 5.95 Å². The van der Waals surface area contributed by atoms with Crippen molar-refractivity contribution in [2.24, 2.45) is 0 Å². The number of aryl methyl sites for hydroxylation is 1. The second kappa shape index (κ2) is 3.19. The van der Waals surface area contributed by atoms with Crippen LogP contribution in [0.15, 0.2) is 6.33 Å². The number of nitrogens with zero attached hydrogens (tertiary/aromatic N) is 4. The van der Waals surface area contributed by atoms with E-state index in [9.17, 15) is 4.79 Å². The first-order chi connectivity index (χ1) is 7.15. The summed E-state index contributed by atoms with van der Waals surface area (Å²) in [6.07, 6.45) is 1.28. The maximum Gasteiger partial charge on any atom is 0.343 e. The van der Waals surface area contributed by atoms with Gasteiger partial charge >= 0.3 is 5.97 Å². The molecule has 0 aliphatic heterocycles. The van der Waals surface area contributed by atoms with E-state index in [-0.39, 0.29) is 5.95 Å². The third-order valence-electron chi connectivity index (χ3n) is 2.01. The highest BCUT2D eigenvalue weighted by atomic mass is 16.5. The largest absolute Gasteiger partial charge is 0.465 e. The smallest absolute Gasteiger partial charge is 0.343 e. The van der Waals surface area contributed by atoms with E-state index >= 15 is 0 Å². The first-order valence-corrected chi connectivity index (χ1v) is 4.19. The fourth-order valence-electron chi connectivity index (χ4n) is 1.33. The van der Waals surface area contributed by atoms with Gasteiger partial charge in [-0.2, -0.15) is 9.61 Å². The SMILES string of the molecule is COC(=O)c1c(C)nn2c(N)ncnc12. The fourth-order valence-corrected chi connectivity index (χ4v) is 1.33. The molecular weight excluding hydrogens is 198 g/mol. The average Bonchev–Trinajstić information content (AvgIpc) is 2.55. The van der Waals surface area contributed by atoms with Gasteiger partial charge in [0, 0.05) is 0 Å². The van der Waals surface area contributed by atoms with Gasteiger partial charge in [-0.25, -0.2) is 14.8 Å². The minimum absolute atomic E-state index is 0.179. The Morgan fingerprint density at radius 1 is 1.53 bits per heavy atom. The lowest BCUT2D eigenvalue weighted by Gasteiger charge is -1.97. The Hall–Kier alpha value is -2.18. The van der Waals surface area contributed by atoms with Crippen molar-refractivity contribution in [3.05, 3.63) is 17.6 Å². The van der Waals surface area contributed by atoms with Gasteiger partial charge in [0.15, 0.2) is 5.65 Å². The number of carbonyl (C=O) groups is 1. The maximum absolute atomic E-state index is 11.4. The van der Waals surface area contributed by atoms with Crippen LogP contribution in [0.2, 0.25) is 0 Å². The fraction of sp³-hybridized carbons (Fsp3) is 0.250. The Kier molecular flexibility index (Phi) is 2.00. The van der Waals surface area contributed by atoms with E-state index in [1.54, 1.807) is 6.92 Å². The second-order valence-electron chi connectivity index (χ2n) is 2.92. The van der Waals surface area contributed by atoms with Crippen molar-refractivity contribution in [1.82, 2.24) is 19.6 Å². The van der Waals surface area contributed by atoms with Crippen molar-refractivity contribution in [1.29, 1.82) is 0 Å². The molecule has 0 saturated carbocycles. The Bertz CT molecular complexity index is 533. The lowest BCUT2D eigenvalue weighted by molar-refractivity contribution is 0.0602. The van der Waals surface area contributed by atoms with Crippen LogP contribution in [0.5, 0.6) is 0 Å². The monoisotopic (exact) mass is 207 g/mol. The highest BCUT2D eigenvalue weighted by molar-refractivity contribution is 5.97. The molecule has 0 fully saturated rings. The third-order valence-corrected chi connectivity index (χ3v) is 2.01. The van der Waals surface area contributed by atoms with E-state index in [1.807, 2.05) is 0 Å². The van der Waals surface area contributed by atoms with Crippen LogP contribution >= 0.6 is 0 Å². The number of nitrogens with two attached hydrogens (primary N) is 1. The van der Waals surface area contributed by atoms with E-state index in [0.29, 0.717) is 16.9 Å². The molecule has 0 spiro atoms. The summed E-state index contributed by atoms with van der Waals surface area (Å²) in [5.74, 6) is -0.307. The van der Waals surface area contributed by atoms with Crippen LogP contribution in [0.25, 0.3) is 5.65 Å². The van der Waals surface area contributed by atoms with Crippen molar-refractivity contribution in [3.63, 3.8) is 0 Å². The summed E-state index contributed by atoms with van der Waals surface area (Å²) in [6, 6.07) is 0. The zero-order chi connectivity index (χ0) is 11.0. The van der Waals surface area contributed by atoms with Gasteiger partial charge in [-0.05, 0) is 6.92 Å². The summed E-state index contributed by atoms with van der Waals surface area (Å²) in [7, 11) is 1.30. The Labute approximate surface area is 84.9 Å². The number of esters is 1. The van der Waals surface area contributed by atoms with E-state index in [4.69, 9.17) is 5.73 Å². The van der Waals surface area contributed by atoms with Crippen LogP contribution in [-0.2, 0) is 4.74 Å². The molecule has 7 nitrogen and oxygen atoms in total. The Morgan fingerprint density at radius 3 is 2.93 bits per heavy atom. The number of ether oxygens (including phenoxy) is 1. The molecule has 0 bridgehead atoms. The number of hydrogen-bond donors (Lipinski definition) is 1. The number of anilines is 1. The molecule has 7 heteroatoms. The summed E-state index contributed by atoms with van der Waals surface area (Å²) in [6.45, 7) is 1.68. The van der Waals surface area contributed by atoms with Gasteiger partial charge in [0.1, 0.15) is 11.9 Å². The van der Waals surface area contributed by atoms with Crippen molar-refractivity contribution in [3.8, 4) is 0 Å². The second-order valence-corrected chi connectivity index (χ2v) is 2.92. The van der Waals surface area contributed by atoms with Gasteiger partial charge in [-0.1, -0.05) is 0 Å². The lowest BCUT2D eigenvalue weighted by atomic mass is 10.2. The molecule has 0 radical (unpaired) electrons. The lowest BCUT2D eigenvalue weighted by Crippen LogP contribution is -2.05. The maximum atomic E-state index is 11.4. The molecular formula is C8H9N5O2. The molecule has 0 amide bonds. The van der Waals surface area contributed by atoms with Gasteiger partial charge < -0.3 is 10.5 Å². The van der Waals surface area contributed by atoms with Gasteiger partial charge in [-0.3, -0.25) is 0 Å². The normalized spacial score (nSPS) is 10.5. The quantitative estimate of drug-likeness (QED) is 0.650. The Balaban J connectivity index is 2.79. The van der Waals surface area contributed by atoms with Crippen LogP contribution in [0.1, 0.15) is 16.1 Å². The molecule has 2 N–H and O–H groups in total. The highest BCUT2D eigenvalue weighted by Gasteiger charge is 2.19. The van der Waals surface area contributed by atoms with Crippen molar-refractivity contribution < 1.29 is 9.53 Å².